The minimum Gasteiger partial charge on any atom is -0.379 e. The molecule has 0 amide bonds. The van der Waals surface area contributed by atoms with Crippen LogP contribution in [0.5, 0.6) is 0 Å². The minimum absolute atomic E-state index is 0.746. The van der Waals surface area contributed by atoms with Gasteiger partial charge < -0.3 is 5.32 Å². The molecule has 1 aromatic carbocycles. The van der Waals surface area contributed by atoms with Gasteiger partial charge in [0.05, 0.1) is 12.2 Å². The zero-order valence-electron chi connectivity index (χ0n) is 9.07. The Morgan fingerprint density at radius 2 is 2.12 bits per heavy atom. The summed E-state index contributed by atoms with van der Waals surface area (Å²) in [5.74, 6) is 0. The van der Waals surface area contributed by atoms with E-state index in [1.54, 1.807) is 0 Å². The van der Waals surface area contributed by atoms with Crippen molar-refractivity contribution in [2.75, 3.05) is 5.32 Å². The second-order valence-electron chi connectivity index (χ2n) is 3.64. The van der Waals surface area contributed by atoms with Crippen molar-refractivity contribution in [2.45, 2.75) is 13.5 Å². The van der Waals surface area contributed by atoms with E-state index in [0.717, 1.165) is 22.4 Å². The summed E-state index contributed by atoms with van der Waals surface area (Å²) in [6.45, 7) is 2.82. The molecule has 0 saturated heterocycles. The van der Waals surface area contributed by atoms with E-state index in [0.29, 0.717) is 0 Å². The first kappa shape index (κ1) is 11.1. The number of aromatic nitrogens is 1. The van der Waals surface area contributed by atoms with Gasteiger partial charge in [0.2, 0.25) is 0 Å². The molecule has 2 rings (SSSR count). The third-order valence-corrected chi connectivity index (χ3v) is 3.23. The van der Waals surface area contributed by atoms with Crippen molar-refractivity contribution in [3.63, 3.8) is 0 Å². The number of nitrogens with zero attached hydrogens (tertiary/aromatic N) is 1. The summed E-state index contributed by atoms with van der Waals surface area (Å²) in [7, 11) is 0. The van der Waals surface area contributed by atoms with Gasteiger partial charge in [-0.2, -0.15) is 0 Å². The maximum atomic E-state index is 4.26. The number of benzene rings is 1. The van der Waals surface area contributed by atoms with Crippen LogP contribution in [0.1, 0.15) is 11.3 Å². The number of nitrogens with one attached hydrogen (secondary N) is 1. The maximum Gasteiger partial charge on any atom is 0.0594 e. The number of anilines is 1. The Morgan fingerprint density at radius 1 is 1.25 bits per heavy atom. The molecule has 1 heterocycles. The summed E-state index contributed by atoms with van der Waals surface area (Å²) >= 11 is 3.52. The van der Waals surface area contributed by atoms with E-state index < -0.39 is 0 Å². The molecule has 2 aromatic rings. The number of pyridine rings is 1. The van der Waals surface area contributed by atoms with Crippen molar-refractivity contribution in [3.05, 3.63) is 58.3 Å². The van der Waals surface area contributed by atoms with Gasteiger partial charge in [-0.3, -0.25) is 4.98 Å². The lowest BCUT2D eigenvalue weighted by Crippen LogP contribution is -2.01. The minimum atomic E-state index is 0.746. The Balaban J connectivity index is 2.03. The number of hydrogen-bond acceptors (Lipinski definition) is 2. The maximum absolute atomic E-state index is 4.26. The monoisotopic (exact) mass is 276 g/mol. The Labute approximate surface area is 104 Å². The van der Waals surface area contributed by atoms with E-state index in [1.165, 1.54) is 5.56 Å². The summed E-state index contributed by atoms with van der Waals surface area (Å²) in [5, 5.41) is 3.34. The van der Waals surface area contributed by atoms with Crippen molar-refractivity contribution < 1.29 is 0 Å². The molecule has 82 valence electrons. The van der Waals surface area contributed by atoms with E-state index in [2.05, 4.69) is 51.4 Å². The van der Waals surface area contributed by atoms with Crippen LogP contribution in [-0.4, -0.2) is 4.98 Å². The average Bonchev–Trinajstić information content (AvgIpc) is 2.32. The van der Waals surface area contributed by atoms with Gasteiger partial charge in [-0.15, -0.1) is 0 Å². The third-order valence-electron chi connectivity index (χ3n) is 2.37. The van der Waals surface area contributed by atoms with Crippen molar-refractivity contribution in [2.24, 2.45) is 0 Å². The highest BCUT2D eigenvalue weighted by Gasteiger charge is 1.97. The molecule has 0 saturated carbocycles. The van der Waals surface area contributed by atoms with E-state index >= 15 is 0 Å². The molecule has 0 atom stereocenters. The first-order chi connectivity index (χ1) is 7.75. The van der Waals surface area contributed by atoms with Crippen LogP contribution in [0, 0.1) is 6.92 Å². The normalized spacial score (nSPS) is 10.1. The van der Waals surface area contributed by atoms with Crippen LogP contribution in [0.15, 0.2) is 47.1 Å². The van der Waals surface area contributed by atoms with Gasteiger partial charge in [0, 0.05) is 16.4 Å². The summed E-state index contributed by atoms with van der Waals surface area (Å²) in [6, 6.07) is 12.2. The predicted octanol–water partition coefficient (Wildman–Crippen LogP) is 3.76. The molecule has 1 aromatic heterocycles. The molecule has 0 bridgehead atoms. The lowest BCUT2D eigenvalue weighted by atomic mass is 10.2. The molecule has 16 heavy (non-hydrogen) atoms. The average molecular weight is 277 g/mol. The molecule has 0 radical (unpaired) electrons. The van der Waals surface area contributed by atoms with Gasteiger partial charge in [-0.05, 0) is 36.8 Å². The van der Waals surface area contributed by atoms with Gasteiger partial charge in [-0.25, -0.2) is 0 Å². The van der Waals surface area contributed by atoms with Crippen LogP contribution < -0.4 is 5.32 Å². The van der Waals surface area contributed by atoms with Gasteiger partial charge in [0.15, 0.2) is 0 Å². The summed E-state index contributed by atoms with van der Waals surface area (Å²) in [4.78, 5) is 4.26. The van der Waals surface area contributed by atoms with Crippen LogP contribution in [0.2, 0.25) is 0 Å². The number of hydrogen-bond donors (Lipinski definition) is 1. The molecule has 0 spiro atoms. The molecule has 0 aliphatic carbocycles. The standard InChI is InChI=1S/C13H13BrN2/c1-10-5-6-11(8-13(10)14)16-9-12-4-2-3-7-15-12/h2-8,16H,9H2,1H3. The molecular weight excluding hydrogens is 264 g/mol. The largest absolute Gasteiger partial charge is 0.379 e. The quantitative estimate of drug-likeness (QED) is 0.923. The van der Waals surface area contributed by atoms with Gasteiger partial charge in [0.25, 0.3) is 0 Å². The van der Waals surface area contributed by atoms with Crippen LogP contribution in [-0.2, 0) is 6.54 Å². The first-order valence-corrected chi connectivity index (χ1v) is 5.95. The van der Waals surface area contributed by atoms with Crippen molar-refractivity contribution in [1.29, 1.82) is 0 Å². The zero-order valence-corrected chi connectivity index (χ0v) is 10.7. The van der Waals surface area contributed by atoms with Gasteiger partial charge in [-0.1, -0.05) is 28.1 Å². The molecule has 0 aliphatic rings. The smallest absolute Gasteiger partial charge is 0.0594 e. The molecule has 0 aliphatic heterocycles. The molecule has 1 N–H and O–H groups in total. The Hall–Kier alpha value is -1.35. The lowest BCUT2D eigenvalue weighted by Gasteiger charge is -2.07. The molecule has 3 heteroatoms. The molecule has 0 fully saturated rings. The second-order valence-corrected chi connectivity index (χ2v) is 4.49. The Kier molecular flexibility index (Phi) is 3.57. The molecule has 0 unspecified atom stereocenters. The van der Waals surface area contributed by atoms with Crippen molar-refractivity contribution in [3.8, 4) is 0 Å². The number of rotatable bonds is 3. The second kappa shape index (κ2) is 5.12. The summed E-state index contributed by atoms with van der Waals surface area (Å²) < 4.78 is 1.12. The van der Waals surface area contributed by atoms with E-state index in [-0.39, 0.29) is 0 Å². The molecular formula is C13H13BrN2. The fourth-order valence-corrected chi connectivity index (χ4v) is 1.78. The van der Waals surface area contributed by atoms with E-state index in [9.17, 15) is 0 Å². The van der Waals surface area contributed by atoms with E-state index in [1.807, 2.05) is 24.4 Å². The SMILES string of the molecule is Cc1ccc(NCc2ccccn2)cc1Br. The van der Waals surface area contributed by atoms with Crippen molar-refractivity contribution >= 4 is 21.6 Å². The van der Waals surface area contributed by atoms with Crippen LogP contribution in [0.25, 0.3) is 0 Å². The third kappa shape index (κ3) is 2.83. The summed E-state index contributed by atoms with van der Waals surface area (Å²) in [5.41, 5.74) is 3.38. The highest BCUT2D eigenvalue weighted by molar-refractivity contribution is 9.10. The highest BCUT2D eigenvalue weighted by atomic mass is 79.9. The lowest BCUT2D eigenvalue weighted by molar-refractivity contribution is 1.05. The fourth-order valence-electron chi connectivity index (χ4n) is 1.40. The Morgan fingerprint density at radius 3 is 2.81 bits per heavy atom. The van der Waals surface area contributed by atoms with Gasteiger partial charge >= 0.3 is 0 Å². The number of aryl methyl sites for hydroxylation is 1. The fraction of sp³-hybridized carbons (Fsp3) is 0.154. The van der Waals surface area contributed by atoms with E-state index in [4.69, 9.17) is 0 Å². The van der Waals surface area contributed by atoms with Crippen molar-refractivity contribution in [1.82, 2.24) is 4.98 Å². The number of halogens is 1. The summed E-state index contributed by atoms with van der Waals surface area (Å²) in [6.07, 6.45) is 1.81. The zero-order chi connectivity index (χ0) is 11.4. The van der Waals surface area contributed by atoms with Crippen LogP contribution in [0.3, 0.4) is 0 Å². The van der Waals surface area contributed by atoms with Crippen LogP contribution >= 0.6 is 15.9 Å². The highest BCUT2D eigenvalue weighted by Crippen LogP contribution is 2.20. The predicted molar refractivity (Wildman–Crippen MR) is 70.4 cm³/mol. The van der Waals surface area contributed by atoms with Gasteiger partial charge in [0.1, 0.15) is 0 Å². The Bertz CT molecular complexity index is 469. The molecule has 2 nitrogen and oxygen atoms in total. The first-order valence-electron chi connectivity index (χ1n) is 5.15. The topological polar surface area (TPSA) is 24.9 Å². The van der Waals surface area contributed by atoms with Crippen LogP contribution in [0.4, 0.5) is 5.69 Å².